The number of carboxylic acids is 1. The summed E-state index contributed by atoms with van der Waals surface area (Å²) in [5.74, 6) is -1.24. The van der Waals surface area contributed by atoms with Crippen LogP contribution in [0.3, 0.4) is 0 Å². The molecule has 0 fully saturated rings. The Hall–Kier alpha value is -3.58. The Morgan fingerprint density at radius 1 is 0.833 bits per heavy atom. The van der Waals surface area contributed by atoms with Gasteiger partial charge in [-0.3, -0.25) is 9.59 Å². The maximum absolute atomic E-state index is 12.4. The summed E-state index contributed by atoms with van der Waals surface area (Å²) in [6, 6.07) is 20.6. The van der Waals surface area contributed by atoms with E-state index in [9.17, 15) is 14.4 Å². The number of hydrogen-bond acceptors (Lipinski definition) is 4. The molecular formula is C23H20N2O4S. The molecule has 0 heterocycles. The minimum Gasteiger partial charge on any atom is -0.478 e. The van der Waals surface area contributed by atoms with E-state index < -0.39 is 5.97 Å². The van der Waals surface area contributed by atoms with E-state index in [4.69, 9.17) is 5.11 Å². The number of aryl methyl sites for hydroxylation is 1. The van der Waals surface area contributed by atoms with E-state index in [1.165, 1.54) is 23.9 Å². The molecule has 0 spiro atoms. The first-order valence-electron chi connectivity index (χ1n) is 9.15. The Morgan fingerprint density at radius 2 is 1.50 bits per heavy atom. The molecule has 0 saturated heterocycles. The van der Waals surface area contributed by atoms with E-state index in [-0.39, 0.29) is 23.1 Å². The molecular weight excluding hydrogens is 400 g/mol. The van der Waals surface area contributed by atoms with E-state index in [1.807, 2.05) is 37.3 Å². The number of aromatic carboxylic acids is 1. The van der Waals surface area contributed by atoms with Crippen molar-refractivity contribution in [3.05, 3.63) is 89.5 Å². The number of hydrogen-bond donors (Lipinski definition) is 3. The molecule has 3 N–H and O–H groups in total. The van der Waals surface area contributed by atoms with Crippen molar-refractivity contribution in [2.24, 2.45) is 0 Å². The maximum atomic E-state index is 12.4. The normalized spacial score (nSPS) is 10.3. The molecule has 0 aliphatic carbocycles. The third-order valence-corrected chi connectivity index (χ3v) is 5.18. The zero-order valence-electron chi connectivity index (χ0n) is 16.2. The highest BCUT2D eigenvalue weighted by Crippen LogP contribution is 2.22. The number of nitrogens with one attached hydrogen (secondary N) is 2. The van der Waals surface area contributed by atoms with E-state index in [0.29, 0.717) is 16.9 Å². The fourth-order valence-corrected chi connectivity index (χ4v) is 3.37. The van der Waals surface area contributed by atoms with Crippen molar-refractivity contribution in [1.29, 1.82) is 0 Å². The largest absolute Gasteiger partial charge is 0.478 e. The van der Waals surface area contributed by atoms with Crippen molar-refractivity contribution in [2.45, 2.75) is 11.8 Å². The lowest BCUT2D eigenvalue weighted by atomic mass is 10.1. The number of rotatable bonds is 7. The first kappa shape index (κ1) is 21.1. The first-order valence-corrected chi connectivity index (χ1v) is 10.1. The van der Waals surface area contributed by atoms with Crippen LogP contribution in [0, 0.1) is 6.92 Å². The molecule has 0 aliphatic heterocycles. The molecule has 6 nitrogen and oxygen atoms in total. The zero-order valence-corrected chi connectivity index (χ0v) is 17.0. The van der Waals surface area contributed by atoms with Crippen molar-refractivity contribution < 1.29 is 19.5 Å². The molecule has 30 heavy (non-hydrogen) atoms. The lowest BCUT2D eigenvalue weighted by molar-refractivity contribution is -0.113. The van der Waals surface area contributed by atoms with Crippen molar-refractivity contribution >= 4 is 40.9 Å². The average molecular weight is 420 g/mol. The maximum Gasteiger partial charge on any atom is 0.335 e. The summed E-state index contributed by atoms with van der Waals surface area (Å²) >= 11 is 1.34. The summed E-state index contributed by atoms with van der Waals surface area (Å²) < 4.78 is 0. The number of carbonyl (C=O) groups is 3. The Labute approximate surface area is 178 Å². The summed E-state index contributed by atoms with van der Waals surface area (Å²) in [7, 11) is 0. The van der Waals surface area contributed by atoms with Gasteiger partial charge in [0, 0.05) is 21.8 Å². The summed E-state index contributed by atoms with van der Waals surface area (Å²) in [6.07, 6.45) is 0. The van der Waals surface area contributed by atoms with Crippen LogP contribution in [0.4, 0.5) is 11.4 Å². The van der Waals surface area contributed by atoms with Gasteiger partial charge in [-0.05, 0) is 61.5 Å². The van der Waals surface area contributed by atoms with Crippen LogP contribution in [0.1, 0.15) is 26.3 Å². The molecule has 0 saturated carbocycles. The van der Waals surface area contributed by atoms with E-state index in [2.05, 4.69) is 10.6 Å². The molecule has 0 bridgehead atoms. The topological polar surface area (TPSA) is 95.5 Å². The third kappa shape index (κ3) is 5.96. The second kappa shape index (κ2) is 9.76. The lowest BCUT2D eigenvalue weighted by Gasteiger charge is -2.08. The summed E-state index contributed by atoms with van der Waals surface area (Å²) in [5, 5.41) is 14.5. The van der Waals surface area contributed by atoms with Gasteiger partial charge in [0.1, 0.15) is 0 Å². The average Bonchev–Trinajstić information content (AvgIpc) is 2.73. The number of carboxylic acid groups (broad SMARTS) is 1. The smallest absolute Gasteiger partial charge is 0.335 e. The molecule has 0 unspecified atom stereocenters. The van der Waals surface area contributed by atoms with Crippen molar-refractivity contribution in [3.8, 4) is 0 Å². The molecule has 3 rings (SSSR count). The molecule has 2 amide bonds. The Balaban J connectivity index is 1.54. The molecule has 3 aromatic rings. The van der Waals surface area contributed by atoms with Gasteiger partial charge in [0.05, 0.1) is 11.3 Å². The summed E-state index contributed by atoms with van der Waals surface area (Å²) in [6.45, 7) is 1.96. The van der Waals surface area contributed by atoms with Crippen LogP contribution in [0.2, 0.25) is 0 Å². The quantitative estimate of drug-likeness (QED) is 0.483. The van der Waals surface area contributed by atoms with Gasteiger partial charge in [-0.25, -0.2) is 4.79 Å². The molecule has 0 radical (unpaired) electrons. The van der Waals surface area contributed by atoms with Crippen molar-refractivity contribution in [1.82, 2.24) is 0 Å². The second-order valence-corrected chi connectivity index (χ2v) is 7.62. The Morgan fingerprint density at radius 3 is 2.17 bits per heavy atom. The van der Waals surface area contributed by atoms with E-state index in [1.54, 1.807) is 30.3 Å². The monoisotopic (exact) mass is 420 g/mol. The molecule has 7 heteroatoms. The van der Waals surface area contributed by atoms with Crippen LogP contribution >= 0.6 is 11.8 Å². The predicted molar refractivity (Wildman–Crippen MR) is 118 cm³/mol. The van der Waals surface area contributed by atoms with Gasteiger partial charge in [0.25, 0.3) is 5.91 Å². The summed E-state index contributed by atoms with van der Waals surface area (Å²) in [5.41, 5.74) is 3.00. The molecule has 0 atom stereocenters. The third-order valence-electron chi connectivity index (χ3n) is 4.19. The highest BCUT2D eigenvalue weighted by molar-refractivity contribution is 8.00. The first-order chi connectivity index (χ1) is 14.4. The number of thioether (sulfide) groups is 1. The minimum absolute atomic E-state index is 0.159. The van der Waals surface area contributed by atoms with Crippen LogP contribution in [-0.4, -0.2) is 28.6 Å². The molecule has 0 aliphatic rings. The number of amides is 2. The zero-order chi connectivity index (χ0) is 21.5. The van der Waals surface area contributed by atoms with Gasteiger partial charge in [-0.15, -0.1) is 11.8 Å². The van der Waals surface area contributed by atoms with Gasteiger partial charge in [0.15, 0.2) is 0 Å². The van der Waals surface area contributed by atoms with Crippen LogP contribution < -0.4 is 10.6 Å². The van der Waals surface area contributed by atoms with Crippen LogP contribution in [0.5, 0.6) is 0 Å². The lowest BCUT2D eigenvalue weighted by Crippen LogP contribution is -2.14. The second-order valence-electron chi connectivity index (χ2n) is 6.57. The van der Waals surface area contributed by atoms with Gasteiger partial charge in [0.2, 0.25) is 5.91 Å². The van der Waals surface area contributed by atoms with Crippen molar-refractivity contribution in [2.75, 3.05) is 16.4 Å². The fourth-order valence-electron chi connectivity index (χ4n) is 2.61. The van der Waals surface area contributed by atoms with Crippen LogP contribution in [0.15, 0.2) is 77.7 Å². The van der Waals surface area contributed by atoms with Crippen LogP contribution in [0.25, 0.3) is 0 Å². The minimum atomic E-state index is -1.02. The highest BCUT2D eigenvalue weighted by Gasteiger charge is 2.08. The Bertz CT molecular complexity index is 1060. The molecule has 3 aromatic carbocycles. The Kier molecular flexibility index (Phi) is 6.87. The number of anilines is 2. The van der Waals surface area contributed by atoms with E-state index in [0.717, 1.165) is 10.5 Å². The summed E-state index contributed by atoms with van der Waals surface area (Å²) in [4.78, 5) is 36.2. The number of carbonyl (C=O) groups excluding carboxylic acids is 2. The highest BCUT2D eigenvalue weighted by atomic mass is 32.2. The molecule has 152 valence electrons. The van der Waals surface area contributed by atoms with Gasteiger partial charge in [-0.2, -0.15) is 0 Å². The standard InChI is InChI=1S/C23H20N2O4S/c1-15-5-7-16(8-6-15)22(27)25-19-3-2-4-20(13-19)30-14-21(26)24-18-11-9-17(10-12-18)23(28)29/h2-13H,14H2,1H3,(H,24,26)(H,25,27)(H,28,29). The predicted octanol–water partition coefficient (Wildman–Crippen LogP) is 4.68. The fraction of sp³-hybridized carbons (Fsp3) is 0.0870. The SMILES string of the molecule is Cc1ccc(C(=O)Nc2cccc(SCC(=O)Nc3ccc(C(=O)O)cc3)c2)cc1. The number of benzene rings is 3. The molecule has 0 aromatic heterocycles. The van der Waals surface area contributed by atoms with Crippen molar-refractivity contribution in [3.63, 3.8) is 0 Å². The van der Waals surface area contributed by atoms with Gasteiger partial charge in [-0.1, -0.05) is 23.8 Å². The van der Waals surface area contributed by atoms with E-state index >= 15 is 0 Å². The van der Waals surface area contributed by atoms with Crippen LogP contribution in [-0.2, 0) is 4.79 Å². The van der Waals surface area contributed by atoms with Gasteiger partial charge >= 0.3 is 5.97 Å². The van der Waals surface area contributed by atoms with Gasteiger partial charge < -0.3 is 15.7 Å².